The molecule has 4 aliphatic rings. The van der Waals surface area contributed by atoms with E-state index >= 15 is 0 Å². The number of alkyl halides is 6. The smallest absolute Gasteiger partial charge is 0.741 e. The number of pyridine rings is 2. The Morgan fingerprint density at radius 1 is 0.493 bits per heavy atom. The first-order valence-electron chi connectivity index (χ1n) is 21.8. The van der Waals surface area contributed by atoms with Gasteiger partial charge in [0.15, 0.2) is 20.2 Å². The van der Waals surface area contributed by atoms with Crippen molar-refractivity contribution in [2.75, 3.05) is 65.6 Å². The summed E-state index contributed by atoms with van der Waals surface area (Å²) in [6.07, 6.45) is 15.6. The molecule has 0 saturated carbocycles. The van der Waals surface area contributed by atoms with Crippen molar-refractivity contribution in [1.82, 2.24) is 19.8 Å². The molecular weight excluding hydrogens is 1080 g/mol. The standard InChI is InChI=1S/C40H48N8.C4H10O.2CHF3O3S.2Cu/c1-3-23-45-39(9-1)33-47-25-5-19-41-29-35-11-15-37(16-12-35)31-43-21-7-27-48(34-40-10-2-4-24-46-40)28-8-22-44-32-38-17-13-36(14-18-38)30-42-20-6-26-47;1-3-5-4-2;2*2-1(3,4)8(5,6)7;;/h1-4,9-18,23-24,29-32H,5-8,19-22,25-28,33-34H2;3-4H2,1-2H3;2*(H,5,6,7);;/q;;;;2*+2/p-2. The molecule has 0 amide bonds. The van der Waals surface area contributed by atoms with Crippen LogP contribution in [0.1, 0.15) is 73.2 Å². The second-order valence-corrected chi connectivity index (χ2v) is 17.4. The molecule has 0 saturated heterocycles. The molecule has 0 spiro atoms. The first kappa shape index (κ1) is 66.7. The van der Waals surface area contributed by atoms with E-state index in [0.29, 0.717) is 0 Å². The average Bonchev–Trinajstić information content (AvgIpc) is 3.29. The predicted molar refractivity (Wildman–Crippen MR) is 254 cm³/mol. The fraction of sp³-hybridized carbons (Fsp3) is 0.435. The van der Waals surface area contributed by atoms with Crippen LogP contribution in [-0.2, 0) is 72.2 Å². The Balaban J connectivity index is 0.00000178. The van der Waals surface area contributed by atoms with Crippen molar-refractivity contribution in [2.24, 2.45) is 20.0 Å². The summed E-state index contributed by atoms with van der Waals surface area (Å²) < 4.78 is 123. The molecule has 0 N–H and O–H groups in total. The van der Waals surface area contributed by atoms with E-state index in [1.165, 1.54) is 0 Å². The average molecular weight is 1140 g/mol. The fourth-order valence-corrected chi connectivity index (χ4v) is 5.74. The summed E-state index contributed by atoms with van der Waals surface area (Å²) in [5.74, 6) is 0. The van der Waals surface area contributed by atoms with Crippen LogP contribution < -0.4 is 0 Å². The summed E-state index contributed by atoms with van der Waals surface area (Å²) in [6.45, 7) is 14.4. The molecule has 0 unspecified atom stereocenters. The monoisotopic (exact) mass is 1140 g/mol. The van der Waals surface area contributed by atoms with Gasteiger partial charge in [0.2, 0.25) is 0 Å². The van der Waals surface area contributed by atoms with E-state index in [-0.39, 0.29) is 34.1 Å². The van der Waals surface area contributed by atoms with Crippen molar-refractivity contribution in [1.29, 1.82) is 0 Å². The van der Waals surface area contributed by atoms with Gasteiger partial charge in [-0.25, -0.2) is 16.8 Å². The molecule has 25 heteroatoms. The zero-order valence-electron chi connectivity index (χ0n) is 39.0. The maximum absolute atomic E-state index is 10.7. The minimum atomic E-state index is -6.09. The number of nitrogens with zero attached hydrogens (tertiary/aromatic N) is 8. The molecule has 0 aliphatic carbocycles. The van der Waals surface area contributed by atoms with Crippen molar-refractivity contribution in [3.63, 3.8) is 0 Å². The Labute approximate surface area is 433 Å². The molecule has 2 radical (unpaired) electrons. The number of hydrogen-bond acceptors (Lipinski definition) is 15. The van der Waals surface area contributed by atoms with E-state index in [0.717, 1.165) is 138 Å². The molecule has 0 fully saturated rings. The predicted octanol–water partition coefficient (Wildman–Crippen LogP) is 7.57. The Kier molecular flexibility index (Phi) is 34.4. The van der Waals surface area contributed by atoms with Crippen molar-refractivity contribution >= 4 is 45.1 Å². The molecule has 15 nitrogen and oxygen atoms in total. The Hall–Kier alpha value is -4.26. The number of hydrogen-bond donors (Lipinski definition) is 0. The largest absolute Gasteiger partial charge is 2.00 e. The second kappa shape index (κ2) is 36.6. The molecule has 6 heterocycles. The van der Waals surface area contributed by atoms with E-state index in [9.17, 15) is 26.3 Å². The van der Waals surface area contributed by atoms with E-state index in [2.05, 4.69) is 92.6 Å². The van der Waals surface area contributed by atoms with Gasteiger partial charge >= 0.3 is 45.2 Å². The van der Waals surface area contributed by atoms with E-state index in [1.54, 1.807) is 0 Å². The molecule has 398 valence electrons. The Morgan fingerprint density at radius 3 is 0.930 bits per heavy atom. The fourth-order valence-electron chi connectivity index (χ4n) is 5.74. The molecule has 0 atom stereocenters. The van der Waals surface area contributed by atoms with Crippen LogP contribution in [0.25, 0.3) is 0 Å². The molecule has 4 aliphatic heterocycles. The van der Waals surface area contributed by atoms with Crippen molar-refractivity contribution in [3.8, 4) is 0 Å². The molecular formula is C46H58Cu2F6N8O7S2+2. The van der Waals surface area contributed by atoms with Crippen LogP contribution >= 0.6 is 0 Å². The zero-order chi connectivity index (χ0) is 51.0. The summed E-state index contributed by atoms with van der Waals surface area (Å²) in [5, 5.41) is 0. The van der Waals surface area contributed by atoms with Gasteiger partial charge in [0.1, 0.15) is 0 Å². The minimum absolute atomic E-state index is 0. The quantitative estimate of drug-likeness (QED) is 0.0797. The Bertz CT molecular complexity index is 2110. The number of aliphatic imine (C=N–C) groups is 4. The first-order valence-corrected chi connectivity index (χ1v) is 24.6. The number of halogens is 6. The molecule has 2 aromatic carbocycles. The molecule has 4 bridgehead atoms. The number of rotatable bonds is 6. The van der Waals surface area contributed by atoms with Gasteiger partial charge in [-0.3, -0.25) is 39.7 Å². The third-order valence-corrected chi connectivity index (χ3v) is 10.2. The zero-order valence-corrected chi connectivity index (χ0v) is 42.5. The maximum Gasteiger partial charge on any atom is 2.00 e. The maximum atomic E-state index is 10.7. The summed E-state index contributed by atoms with van der Waals surface area (Å²) in [6, 6.07) is 29.2. The van der Waals surface area contributed by atoms with Gasteiger partial charge in [0.05, 0.1) is 11.4 Å². The summed E-state index contributed by atoms with van der Waals surface area (Å²) >= 11 is 0. The molecule has 2 aromatic heterocycles. The van der Waals surface area contributed by atoms with Gasteiger partial charge in [-0.1, -0.05) is 60.7 Å². The summed E-state index contributed by atoms with van der Waals surface area (Å²) in [5.41, 5.74) is -4.66. The second-order valence-electron chi connectivity index (χ2n) is 14.7. The summed E-state index contributed by atoms with van der Waals surface area (Å²) in [4.78, 5) is 32.9. The van der Waals surface area contributed by atoms with Gasteiger partial charge in [-0.15, -0.1) is 0 Å². The number of ether oxygens (including phenoxy) is 1. The van der Waals surface area contributed by atoms with Crippen LogP contribution in [0.5, 0.6) is 0 Å². The number of benzene rings is 2. The van der Waals surface area contributed by atoms with Gasteiger partial charge in [-0.2, -0.15) is 26.3 Å². The SMILES string of the molecule is C1=NCCCN(Cc2ccccn2)CCCN=Cc2ccc(cc2)C=NCCCN(Cc2ccccn2)CCCN=Cc2ccc1cc2.CCOCC.O=S(=O)([O-])C(F)(F)F.O=S(=O)([O-])C(F)(F)F.[Cu+2].[Cu+2]. The van der Waals surface area contributed by atoms with Crippen molar-refractivity contribution in [2.45, 2.75) is 63.6 Å². The van der Waals surface area contributed by atoms with Crippen LogP contribution in [0.15, 0.2) is 117 Å². The molecule has 71 heavy (non-hydrogen) atoms. The normalized spacial score (nSPS) is 15.0. The van der Waals surface area contributed by atoms with Gasteiger partial charge < -0.3 is 13.8 Å². The van der Waals surface area contributed by atoms with E-state index in [4.69, 9.17) is 50.6 Å². The topological polar surface area (TPSA) is 205 Å². The Morgan fingerprint density at radius 2 is 0.746 bits per heavy atom. The van der Waals surface area contributed by atoms with Crippen LogP contribution in [0.3, 0.4) is 0 Å². The van der Waals surface area contributed by atoms with Crippen LogP contribution in [0.4, 0.5) is 26.3 Å². The van der Waals surface area contributed by atoms with Gasteiger partial charge in [0, 0.05) is 116 Å². The van der Waals surface area contributed by atoms with Gasteiger partial charge in [0.25, 0.3) is 0 Å². The van der Waals surface area contributed by atoms with E-state index < -0.39 is 31.3 Å². The van der Waals surface area contributed by atoms with Crippen molar-refractivity contribution in [3.05, 3.63) is 131 Å². The van der Waals surface area contributed by atoms with Crippen LogP contribution in [0, 0.1) is 0 Å². The summed E-state index contributed by atoms with van der Waals surface area (Å²) in [7, 11) is -12.2. The third kappa shape index (κ3) is 31.7. The van der Waals surface area contributed by atoms with Crippen LogP contribution in [0.2, 0.25) is 0 Å². The third-order valence-electron chi connectivity index (χ3n) is 9.08. The minimum Gasteiger partial charge on any atom is -0.741 e. The van der Waals surface area contributed by atoms with E-state index in [1.807, 2.05) is 63.2 Å². The van der Waals surface area contributed by atoms with Crippen LogP contribution in [-0.4, -0.2) is 147 Å². The van der Waals surface area contributed by atoms with Gasteiger partial charge in [-0.05, 0) is 86.1 Å². The number of aromatic nitrogens is 2. The first-order chi connectivity index (χ1) is 32.7. The molecule has 8 rings (SSSR count). The molecule has 4 aromatic rings. The van der Waals surface area contributed by atoms with Crippen molar-refractivity contribution < 1.29 is 91.2 Å².